The van der Waals surface area contributed by atoms with Gasteiger partial charge in [-0.15, -0.1) is 0 Å². The van der Waals surface area contributed by atoms with E-state index < -0.39 is 11.7 Å². The molecular formula is C12H9ClF3N. The summed E-state index contributed by atoms with van der Waals surface area (Å²) < 4.78 is 38.0. The van der Waals surface area contributed by atoms with Gasteiger partial charge in [0, 0.05) is 12.4 Å². The van der Waals surface area contributed by atoms with E-state index in [9.17, 15) is 13.2 Å². The normalized spacial score (nSPS) is 15.4. The first-order valence-electron chi connectivity index (χ1n) is 4.97. The summed E-state index contributed by atoms with van der Waals surface area (Å²) in [6.07, 6.45) is 3.42. The number of anilines is 1. The molecule has 1 nitrogen and oxygen atoms in total. The number of halogens is 4. The Hall–Kier alpha value is -1.42. The second-order valence-corrected chi connectivity index (χ2v) is 3.93. The second kappa shape index (κ2) is 4.45. The smallest absolute Gasteiger partial charge is 0.323 e. The van der Waals surface area contributed by atoms with Crippen LogP contribution in [0.25, 0.3) is 0 Å². The van der Waals surface area contributed by atoms with Crippen molar-refractivity contribution in [3.05, 3.63) is 53.3 Å². The van der Waals surface area contributed by atoms with Crippen molar-refractivity contribution in [2.45, 2.75) is 12.6 Å². The van der Waals surface area contributed by atoms with E-state index in [2.05, 4.69) is 0 Å². The van der Waals surface area contributed by atoms with Crippen molar-refractivity contribution in [1.82, 2.24) is 0 Å². The Kier molecular flexibility index (Phi) is 3.15. The quantitative estimate of drug-likeness (QED) is 0.713. The highest BCUT2D eigenvalue weighted by molar-refractivity contribution is 6.34. The number of hydrogen-bond acceptors (Lipinski definition) is 1. The predicted octanol–water partition coefficient (Wildman–Crippen LogP) is 4.60. The number of benzene rings is 1. The molecule has 5 heteroatoms. The summed E-state index contributed by atoms with van der Waals surface area (Å²) in [6.45, 7) is 0. The van der Waals surface area contributed by atoms with Crippen molar-refractivity contribution < 1.29 is 13.2 Å². The molecule has 0 radical (unpaired) electrons. The van der Waals surface area contributed by atoms with Crippen LogP contribution in [0.5, 0.6) is 0 Å². The molecule has 0 spiro atoms. The monoisotopic (exact) mass is 259 g/mol. The van der Waals surface area contributed by atoms with Crippen molar-refractivity contribution in [3.63, 3.8) is 0 Å². The molecule has 0 unspecified atom stereocenters. The van der Waals surface area contributed by atoms with Crippen molar-refractivity contribution in [2.24, 2.45) is 0 Å². The molecule has 1 aliphatic rings. The maximum Gasteiger partial charge on any atom is 0.417 e. The van der Waals surface area contributed by atoms with Crippen LogP contribution in [0, 0.1) is 0 Å². The Balaban J connectivity index is 2.46. The van der Waals surface area contributed by atoms with Crippen molar-refractivity contribution in [2.75, 3.05) is 4.90 Å². The van der Waals surface area contributed by atoms with Gasteiger partial charge in [-0.05, 0) is 18.6 Å². The topological polar surface area (TPSA) is 3.24 Å². The van der Waals surface area contributed by atoms with Crippen LogP contribution in [0.15, 0.2) is 42.8 Å². The van der Waals surface area contributed by atoms with Gasteiger partial charge in [-0.25, -0.2) is 0 Å². The van der Waals surface area contributed by atoms with Crippen LogP contribution in [0.4, 0.5) is 18.9 Å². The lowest BCUT2D eigenvalue weighted by atomic mass is 10.1. The third-order valence-electron chi connectivity index (χ3n) is 2.37. The first kappa shape index (κ1) is 12.0. The van der Waals surface area contributed by atoms with E-state index in [4.69, 9.17) is 11.6 Å². The largest absolute Gasteiger partial charge is 0.417 e. The zero-order valence-electron chi connectivity index (χ0n) is 8.71. The lowest BCUT2D eigenvalue weighted by molar-refractivity contribution is -0.137. The fraction of sp³-hybridized carbons (Fsp3) is 0.167. The van der Waals surface area contributed by atoms with Crippen LogP contribution >= 0.6 is 11.6 Å². The number of hydrogen-bond donors (Lipinski definition) is 0. The summed E-state index contributed by atoms with van der Waals surface area (Å²) in [5.41, 5.74) is -0.488. The molecule has 0 saturated heterocycles. The average Bonchev–Trinajstić information content (AvgIpc) is 2.29. The fourth-order valence-electron chi connectivity index (χ4n) is 1.58. The maximum absolute atomic E-state index is 12.7. The number of alkyl halides is 3. The Bertz CT molecular complexity index is 465. The SMILES string of the molecule is FC(F)(F)c1cccc(N2C=CCC=C2)c1Cl. The van der Waals surface area contributed by atoms with E-state index in [0.717, 1.165) is 12.5 Å². The van der Waals surface area contributed by atoms with E-state index in [1.807, 2.05) is 12.2 Å². The minimum absolute atomic E-state index is 0.281. The standard InChI is InChI=1S/C12H9ClF3N/c13-11-9(12(14,15)16)5-4-6-10(11)17-7-2-1-3-8-17/h2-8H,1H2. The van der Waals surface area contributed by atoms with Crippen LogP contribution in [-0.4, -0.2) is 0 Å². The Morgan fingerprint density at radius 2 is 1.76 bits per heavy atom. The van der Waals surface area contributed by atoms with E-state index in [0.29, 0.717) is 5.69 Å². The fourth-order valence-corrected chi connectivity index (χ4v) is 1.91. The molecule has 0 aromatic heterocycles. The van der Waals surface area contributed by atoms with Gasteiger partial charge in [0.15, 0.2) is 0 Å². The van der Waals surface area contributed by atoms with Gasteiger partial charge >= 0.3 is 6.18 Å². The molecule has 0 saturated carbocycles. The van der Waals surface area contributed by atoms with Crippen LogP contribution in [0.3, 0.4) is 0 Å². The van der Waals surface area contributed by atoms with Crippen LogP contribution in [0.2, 0.25) is 5.02 Å². The average molecular weight is 260 g/mol. The molecule has 0 N–H and O–H groups in total. The molecule has 90 valence electrons. The Labute approximate surface area is 102 Å². The van der Waals surface area contributed by atoms with Crippen molar-refractivity contribution in [3.8, 4) is 0 Å². The summed E-state index contributed by atoms with van der Waals surface area (Å²) in [5, 5.41) is -0.281. The first-order chi connectivity index (χ1) is 8.00. The van der Waals surface area contributed by atoms with Gasteiger partial charge in [-0.1, -0.05) is 29.8 Å². The molecule has 0 aliphatic carbocycles. The molecule has 0 fully saturated rings. The molecule has 1 aromatic carbocycles. The zero-order valence-corrected chi connectivity index (χ0v) is 9.46. The number of nitrogens with zero attached hydrogens (tertiary/aromatic N) is 1. The van der Waals surface area contributed by atoms with Crippen LogP contribution in [-0.2, 0) is 6.18 Å². The zero-order chi connectivity index (χ0) is 12.5. The molecule has 17 heavy (non-hydrogen) atoms. The van der Waals surface area contributed by atoms with Gasteiger partial charge < -0.3 is 4.90 Å². The first-order valence-corrected chi connectivity index (χ1v) is 5.35. The van der Waals surface area contributed by atoms with Gasteiger partial charge in [-0.3, -0.25) is 0 Å². The molecule has 1 heterocycles. The Morgan fingerprint density at radius 3 is 2.35 bits per heavy atom. The molecule has 0 amide bonds. The van der Waals surface area contributed by atoms with E-state index >= 15 is 0 Å². The second-order valence-electron chi connectivity index (χ2n) is 3.55. The lowest BCUT2D eigenvalue weighted by Gasteiger charge is -2.21. The summed E-state index contributed by atoms with van der Waals surface area (Å²) in [4.78, 5) is 1.57. The highest BCUT2D eigenvalue weighted by Gasteiger charge is 2.34. The summed E-state index contributed by atoms with van der Waals surface area (Å²) in [5.74, 6) is 0. The third kappa shape index (κ3) is 2.47. The molecule has 1 aromatic rings. The van der Waals surface area contributed by atoms with Crippen LogP contribution < -0.4 is 4.90 Å². The van der Waals surface area contributed by atoms with Gasteiger partial charge in [0.1, 0.15) is 0 Å². The minimum Gasteiger partial charge on any atom is -0.323 e. The molecule has 0 bridgehead atoms. The molecular weight excluding hydrogens is 251 g/mol. The van der Waals surface area contributed by atoms with E-state index in [1.54, 1.807) is 23.4 Å². The van der Waals surface area contributed by atoms with Crippen molar-refractivity contribution >= 4 is 17.3 Å². The molecule has 2 rings (SSSR count). The summed E-state index contributed by atoms with van der Waals surface area (Å²) in [6, 6.07) is 3.88. The van der Waals surface area contributed by atoms with Gasteiger partial charge in [0.2, 0.25) is 0 Å². The highest BCUT2D eigenvalue weighted by Crippen LogP contribution is 2.39. The third-order valence-corrected chi connectivity index (χ3v) is 2.76. The molecule has 0 atom stereocenters. The highest BCUT2D eigenvalue weighted by atomic mass is 35.5. The van der Waals surface area contributed by atoms with E-state index in [1.165, 1.54) is 6.07 Å². The number of allylic oxidation sites excluding steroid dienone is 2. The predicted molar refractivity (Wildman–Crippen MR) is 61.8 cm³/mol. The number of rotatable bonds is 1. The summed E-state index contributed by atoms with van der Waals surface area (Å²) in [7, 11) is 0. The van der Waals surface area contributed by atoms with E-state index in [-0.39, 0.29) is 5.02 Å². The van der Waals surface area contributed by atoms with Gasteiger partial charge in [0.05, 0.1) is 16.3 Å². The minimum atomic E-state index is -4.43. The van der Waals surface area contributed by atoms with Crippen molar-refractivity contribution in [1.29, 1.82) is 0 Å². The Morgan fingerprint density at radius 1 is 1.12 bits per heavy atom. The van der Waals surface area contributed by atoms with Gasteiger partial charge in [-0.2, -0.15) is 13.2 Å². The summed E-state index contributed by atoms with van der Waals surface area (Å²) >= 11 is 5.80. The van der Waals surface area contributed by atoms with Crippen LogP contribution in [0.1, 0.15) is 12.0 Å². The maximum atomic E-state index is 12.7. The van der Waals surface area contributed by atoms with Gasteiger partial charge in [0.25, 0.3) is 0 Å². The molecule has 1 aliphatic heterocycles. The lowest BCUT2D eigenvalue weighted by Crippen LogP contribution is -2.12.